The smallest absolute Gasteiger partial charge is 0.258 e. The normalized spacial score (nSPS) is 10.0. The predicted molar refractivity (Wildman–Crippen MR) is 67.6 cm³/mol. The molecule has 0 unspecified atom stereocenters. The Balaban J connectivity index is 2.96. The van der Waals surface area contributed by atoms with Gasteiger partial charge in [0.15, 0.2) is 0 Å². The average molecular weight is 233 g/mol. The van der Waals surface area contributed by atoms with Gasteiger partial charge in [0, 0.05) is 19.8 Å². The molecule has 0 saturated heterocycles. The number of carbonyl (C=O) groups is 1. The van der Waals surface area contributed by atoms with Gasteiger partial charge >= 0.3 is 0 Å². The fourth-order valence-corrected chi connectivity index (χ4v) is 1.78. The van der Waals surface area contributed by atoms with Crippen molar-refractivity contribution in [1.82, 2.24) is 14.7 Å². The second-order valence-electron chi connectivity index (χ2n) is 3.95. The zero-order valence-electron chi connectivity index (χ0n) is 10.7. The molecular formula is C13H19N3O. The van der Waals surface area contributed by atoms with Gasteiger partial charge in [-0.1, -0.05) is 19.8 Å². The van der Waals surface area contributed by atoms with Crippen LogP contribution in [0.5, 0.6) is 0 Å². The summed E-state index contributed by atoms with van der Waals surface area (Å²) in [5.74, 6) is 2.51. The fourth-order valence-electron chi connectivity index (χ4n) is 1.78. The Bertz CT molecular complexity index is 428. The highest BCUT2D eigenvalue weighted by Crippen LogP contribution is 2.11. The summed E-state index contributed by atoms with van der Waals surface area (Å²) >= 11 is 0. The van der Waals surface area contributed by atoms with E-state index in [2.05, 4.69) is 11.0 Å². The molecular weight excluding hydrogens is 214 g/mol. The molecule has 0 spiro atoms. The van der Waals surface area contributed by atoms with Crippen LogP contribution in [-0.4, -0.2) is 33.7 Å². The number of rotatable bonds is 5. The van der Waals surface area contributed by atoms with E-state index in [4.69, 9.17) is 6.42 Å². The minimum Gasteiger partial charge on any atom is -0.327 e. The molecule has 92 valence electrons. The van der Waals surface area contributed by atoms with Crippen LogP contribution in [0.1, 0.15) is 36.3 Å². The monoisotopic (exact) mass is 233 g/mol. The Morgan fingerprint density at radius 3 is 2.82 bits per heavy atom. The van der Waals surface area contributed by atoms with Crippen molar-refractivity contribution in [1.29, 1.82) is 0 Å². The van der Waals surface area contributed by atoms with E-state index in [0.29, 0.717) is 18.7 Å². The van der Waals surface area contributed by atoms with Gasteiger partial charge in [0.2, 0.25) is 0 Å². The summed E-state index contributed by atoms with van der Waals surface area (Å²) in [7, 11) is 1.82. The number of carbonyl (C=O) groups excluding carboxylic acids is 1. The molecule has 1 amide bonds. The highest BCUT2D eigenvalue weighted by Gasteiger charge is 2.19. The van der Waals surface area contributed by atoms with Gasteiger partial charge in [0.1, 0.15) is 0 Å². The lowest BCUT2D eigenvalue weighted by molar-refractivity contribution is 0.0776. The Hall–Kier alpha value is -1.76. The summed E-state index contributed by atoms with van der Waals surface area (Å²) in [5, 5.41) is 4.27. The Kier molecular flexibility index (Phi) is 4.77. The van der Waals surface area contributed by atoms with E-state index in [9.17, 15) is 4.79 Å². The first-order valence-electron chi connectivity index (χ1n) is 5.89. The quantitative estimate of drug-likeness (QED) is 0.722. The molecule has 0 aromatic carbocycles. The fraction of sp³-hybridized carbons (Fsp3) is 0.538. The summed E-state index contributed by atoms with van der Waals surface area (Å²) in [6.07, 6.45) is 8.70. The number of hydrogen-bond donors (Lipinski definition) is 0. The molecule has 4 heteroatoms. The zero-order valence-corrected chi connectivity index (χ0v) is 10.7. The van der Waals surface area contributed by atoms with E-state index in [1.165, 1.54) is 0 Å². The second-order valence-corrected chi connectivity index (χ2v) is 3.95. The number of terminal acetylenes is 1. The minimum atomic E-state index is -0.0187. The maximum absolute atomic E-state index is 12.3. The van der Waals surface area contributed by atoms with E-state index in [-0.39, 0.29) is 5.91 Å². The number of aromatic nitrogens is 2. The van der Waals surface area contributed by atoms with E-state index >= 15 is 0 Å². The highest BCUT2D eigenvalue weighted by atomic mass is 16.2. The van der Waals surface area contributed by atoms with Gasteiger partial charge in [-0.2, -0.15) is 5.10 Å². The molecule has 1 heterocycles. The topological polar surface area (TPSA) is 38.1 Å². The van der Waals surface area contributed by atoms with Crippen molar-refractivity contribution in [2.75, 3.05) is 13.1 Å². The standard InChI is InChI=1S/C13H19N3O/c1-5-8-16(9-6-2)13(17)11-10-15(4)14-12(11)7-3/h1,10H,6-9H2,2-4H3. The maximum atomic E-state index is 12.3. The summed E-state index contributed by atoms with van der Waals surface area (Å²) < 4.78 is 1.67. The van der Waals surface area contributed by atoms with Crippen LogP contribution in [0.25, 0.3) is 0 Å². The van der Waals surface area contributed by atoms with Crippen LogP contribution >= 0.6 is 0 Å². The Labute approximate surface area is 103 Å². The van der Waals surface area contributed by atoms with Crippen LogP contribution in [0.3, 0.4) is 0 Å². The molecule has 1 aromatic rings. The molecule has 0 saturated carbocycles. The number of aryl methyl sites for hydroxylation is 2. The van der Waals surface area contributed by atoms with Gasteiger partial charge in [-0.25, -0.2) is 0 Å². The molecule has 0 bridgehead atoms. The zero-order chi connectivity index (χ0) is 12.8. The van der Waals surface area contributed by atoms with Crippen LogP contribution < -0.4 is 0 Å². The lowest BCUT2D eigenvalue weighted by atomic mass is 10.2. The van der Waals surface area contributed by atoms with E-state index in [0.717, 1.165) is 18.5 Å². The summed E-state index contributed by atoms with van der Waals surface area (Å²) in [6.45, 7) is 5.05. The van der Waals surface area contributed by atoms with Gasteiger partial charge in [0.05, 0.1) is 17.8 Å². The molecule has 17 heavy (non-hydrogen) atoms. The third kappa shape index (κ3) is 3.10. The van der Waals surface area contributed by atoms with Crippen molar-refractivity contribution < 1.29 is 4.79 Å². The third-order valence-corrected chi connectivity index (χ3v) is 2.53. The summed E-state index contributed by atoms with van der Waals surface area (Å²) in [6, 6.07) is 0. The number of nitrogens with zero attached hydrogens (tertiary/aromatic N) is 3. The Morgan fingerprint density at radius 2 is 2.29 bits per heavy atom. The van der Waals surface area contributed by atoms with Crippen LogP contribution in [0.4, 0.5) is 0 Å². The van der Waals surface area contributed by atoms with E-state index in [1.807, 2.05) is 20.9 Å². The molecule has 0 N–H and O–H groups in total. The minimum absolute atomic E-state index is 0.0187. The lowest BCUT2D eigenvalue weighted by Crippen LogP contribution is -2.32. The second kappa shape index (κ2) is 6.09. The van der Waals surface area contributed by atoms with E-state index in [1.54, 1.807) is 15.8 Å². The van der Waals surface area contributed by atoms with Gasteiger partial charge in [-0.3, -0.25) is 9.48 Å². The van der Waals surface area contributed by atoms with Crippen molar-refractivity contribution in [2.24, 2.45) is 7.05 Å². The molecule has 0 fully saturated rings. The van der Waals surface area contributed by atoms with Crippen molar-refractivity contribution in [3.63, 3.8) is 0 Å². The third-order valence-electron chi connectivity index (χ3n) is 2.53. The molecule has 0 radical (unpaired) electrons. The lowest BCUT2D eigenvalue weighted by Gasteiger charge is -2.19. The molecule has 0 atom stereocenters. The van der Waals surface area contributed by atoms with Gasteiger partial charge in [-0.05, 0) is 12.8 Å². The maximum Gasteiger partial charge on any atom is 0.258 e. The van der Waals surface area contributed by atoms with Gasteiger partial charge in [-0.15, -0.1) is 6.42 Å². The first kappa shape index (κ1) is 13.3. The molecule has 0 aliphatic rings. The average Bonchev–Trinajstić information content (AvgIpc) is 2.69. The SMILES string of the molecule is C#CCN(CCC)C(=O)c1cn(C)nc1CC. The largest absolute Gasteiger partial charge is 0.327 e. The molecule has 4 nitrogen and oxygen atoms in total. The van der Waals surface area contributed by atoms with Crippen molar-refractivity contribution in [2.45, 2.75) is 26.7 Å². The highest BCUT2D eigenvalue weighted by molar-refractivity contribution is 5.95. The van der Waals surface area contributed by atoms with Crippen LogP contribution in [0, 0.1) is 12.3 Å². The number of amides is 1. The Morgan fingerprint density at radius 1 is 1.59 bits per heavy atom. The van der Waals surface area contributed by atoms with E-state index < -0.39 is 0 Å². The summed E-state index contributed by atoms with van der Waals surface area (Å²) in [5.41, 5.74) is 1.49. The molecule has 0 aliphatic heterocycles. The first-order valence-corrected chi connectivity index (χ1v) is 5.89. The van der Waals surface area contributed by atoms with Gasteiger partial charge in [0.25, 0.3) is 5.91 Å². The van der Waals surface area contributed by atoms with Crippen molar-refractivity contribution >= 4 is 5.91 Å². The molecule has 1 rings (SSSR count). The van der Waals surface area contributed by atoms with Crippen molar-refractivity contribution in [3.05, 3.63) is 17.5 Å². The van der Waals surface area contributed by atoms with Crippen molar-refractivity contribution in [3.8, 4) is 12.3 Å². The summed E-state index contributed by atoms with van der Waals surface area (Å²) in [4.78, 5) is 14.0. The van der Waals surface area contributed by atoms with Crippen LogP contribution in [0.15, 0.2) is 6.20 Å². The molecule has 1 aromatic heterocycles. The predicted octanol–water partition coefficient (Wildman–Crippen LogP) is 1.47. The van der Waals surface area contributed by atoms with Crippen LogP contribution in [0.2, 0.25) is 0 Å². The van der Waals surface area contributed by atoms with Crippen LogP contribution in [-0.2, 0) is 13.5 Å². The number of hydrogen-bond acceptors (Lipinski definition) is 2. The first-order chi connectivity index (χ1) is 8.13. The van der Waals surface area contributed by atoms with Gasteiger partial charge < -0.3 is 4.90 Å². The molecule has 0 aliphatic carbocycles.